The van der Waals surface area contributed by atoms with Gasteiger partial charge in [0.2, 0.25) is 0 Å². The summed E-state index contributed by atoms with van der Waals surface area (Å²) in [5, 5.41) is 0. The summed E-state index contributed by atoms with van der Waals surface area (Å²) in [7, 11) is 0. The maximum absolute atomic E-state index is 6.51. The Labute approximate surface area is 124 Å². The van der Waals surface area contributed by atoms with Crippen LogP contribution in [0.15, 0.2) is 36.5 Å². The molecule has 3 rings (SSSR count). The Morgan fingerprint density at radius 2 is 1.86 bits per heavy atom. The van der Waals surface area contributed by atoms with Gasteiger partial charge >= 0.3 is 0 Å². The van der Waals surface area contributed by atoms with Crippen LogP contribution in [-0.2, 0) is 0 Å². The minimum Gasteiger partial charge on any atom is -0.398 e. The Morgan fingerprint density at radius 3 is 2.57 bits per heavy atom. The lowest BCUT2D eigenvalue weighted by atomic mass is 9.95. The summed E-state index contributed by atoms with van der Waals surface area (Å²) in [6.45, 7) is 6.11. The standard InChI is InChI=1S/C17H20N4/c1-10-6-4-8-14(18)15(10)16(19)13-7-5-9-21-12(3)11(2)20-17(13)21/h4-9,16H,18-19H2,1-3H3. The average Bonchev–Trinajstić information content (AvgIpc) is 2.74. The number of rotatable bonds is 2. The molecular formula is C17H20N4. The summed E-state index contributed by atoms with van der Waals surface area (Å²) >= 11 is 0. The van der Waals surface area contributed by atoms with Crippen LogP contribution in [0.25, 0.3) is 5.65 Å². The number of aromatic nitrogens is 2. The zero-order valence-corrected chi connectivity index (χ0v) is 12.6. The van der Waals surface area contributed by atoms with Crippen molar-refractivity contribution in [1.82, 2.24) is 9.38 Å². The monoisotopic (exact) mass is 280 g/mol. The fourth-order valence-corrected chi connectivity index (χ4v) is 2.85. The van der Waals surface area contributed by atoms with Gasteiger partial charge in [0.25, 0.3) is 0 Å². The van der Waals surface area contributed by atoms with E-state index in [0.29, 0.717) is 0 Å². The van der Waals surface area contributed by atoms with Gasteiger partial charge in [0.05, 0.1) is 11.7 Å². The quantitative estimate of drug-likeness (QED) is 0.709. The molecule has 1 atom stereocenters. The van der Waals surface area contributed by atoms with E-state index in [9.17, 15) is 0 Å². The van der Waals surface area contributed by atoms with E-state index >= 15 is 0 Å². The second-order valence-electron chi connectivity index (χ2n) is 5.50. The summed E-state index contributed by atoms with van der Waals surface area (Å²) < 4.78 is 2.08. The van der Waals surface area contributed by atoms with Crippen LogP contribution in [-0.4, -0.2) is 9.38 Å². The largest absolute Gasteiger partial charge is 0.398 e. The van der Waals surface area contributed by atoms with Gasteiger partial charge in [-0.2, -0.15) is 0 Å². The number of hydrogen-bond donors (Lipinski definition) is 2. The van der Waals surface area contributed by atoms with Crippen molar-refractivity contribution >= 4 is 11.3 Å². The molecule has 0 aliphatic carbocycles. The number of aryl methyl sites for hydroxylation is 3. The molecule has 0 saturated carbocycles. The predicted molar refractivity (Wildman–Crippen MR) is 86.3 cm³/mol. The Morgan fingerprint density at radius 1 is 1.10 bits per heavy atom. The van der Waals surface area contributed by atoms with E-state index in [1.807, 2.05) is 50.4 Å². The number of nitrogens with two attached hydrogens (primary N) is 2. The highest BCUT2D eigenvalue weighted by molar-refractivity contribution is 5.60. The third-order valence-corrected chi connectivity index (χ3v) is 4.16. The van der Waals surface area contributed by atoms with Gasteiger partial charge in [-0.15, -0.1) is 0 Å². The molecule has 0 spiro atoms. The molecule has 0 aliphatic rings. The number of nitrogens with zero attached hydrogens (tertiary/aromatic N) is 2. The SMILES string of the molecule is Cc1cccc(N)c1C(N)c1cccn2c(C)c(C)nc12. The topological polar surface area (TPSA) is 69.3 Å². The average molecular weight is 280 g/mol. The summed E-state index contributed by atoms with van der Waals surface area (Å²) in [4.78, 5) is 4.66. The zero-order chi connectivity index (χ0) is 15.1. The smallest absolute Gasteiger partial charge is 0.142 e. The van der Waals surface area contributed by atoms with Crippen molar-refractivity contribution in [3.8, 4) is 0 Å². The van der Waals surface area contributed by atoms with E-state index in [0.717, 1.165) is 39.4 Å². The molecular weight excluding hydrogens is 260 g/mol. The van der Waals surface area contributed by atoms with E-state index in [1.54, 1.807) is 0 Å². The minimum atomic E-state index is -0.281. The van der Waals surface area contributed by atoms with E-state index in [1.165, 1.54) is 0 Å². The van der Waals surface area contributed by atoms with E-state index < -0.39 is 0 Å². The normalized spacial score (nSPS) is 12.8. The van der Waals surface area contributed by atoms with Gasteiger partial charge in [-0.25, -0.2) is 4.98 Å². The first-order chi connectivity index (χ1) is 10.0. The van der Waals surface area contributed by atoms with Crippen LogP contribution >= 0.6 is 0 Å². The van der Waals surface area contributed by atoms with Crippen LogP contribution in [0.2, 0.25) is 0 Å². The minimum absolute atomic E-state index is 0.281. The zero-order valence-electron chi connectivity index (χ0n) is 12.6. The lowest BCUT2D eigenvalue weighted by Gasteiger charge is -2.18. The van der Waals surface area contributed by atoms with Crippen molar-refractivity contribution in [2.24, 2.45) is 5.73 Å². The van der Waals surface area contributed by atoms with Crippen LogP contribution in [0.5, 0.6) is 0 Å². The highest BCUT2D eigenvalue weighted by atomic mass is 15.0. The van der Waals surface area contributed by atoms with Gasteiger partial charge in [0.15, 0.2) is 0 Å². The van der Waals surface area contributed by atoms with Crippen molar-refractivity contribution in [3.05, 3.63) is 64.6 Å². The Hall–Kier alpha value is -2.33. The lowest BCUT2D eigenvalue weighted by Crippen LogP contribution is -2.16. The summed E-state index contributed by atoms with van der Waals surface area (Å²) in [5.41, 5.74) is 19.5. The molecule has 1 aromatic carbocycles. The van der Waals surface area contributed by atoms with Gasteiger partial charge in [-0.05, 0) is 44.0 Å². The number of anilines is 1. The molecule has 0 amide bonds. The molecule has 3 aromatic rings. The Kier molecular flexibility index (Phi) is 3.18. The fourth-order valence-electron chi connectivity index (χ4n) is 2.85. The summed E-state index contributed by atoms with van der Waals surface area (Å²) in [5.74, 6) is 0. The number of pyridine rings is 1. The van der Waals surface area contributed by atoms with Crippen LogP contribution in [0, 0.1) is 20.8 Å². The van der Waals surface area contributed by atoms with Crippen molar-refractivity contribution < 1.29 is 0 Å². The number of fused-ring (bicyclic) bond motifs is 1. The molecule has 0 saturated heterocycles. The highest BCUT2D eigenvalue weighted by Crippen LogP contribution is 2.30. The summed E-state index contributed by atoms with van der Waals surface area (Å²) in [6.07, 6.45) is 2.02. The fraction of sp³-hybridized carbons (Fsp3) is 0.235. The lowest BCUT2D eigenvalue weighted by molar-refractivity contribution is 0.860. The Bertz CT molecular complexity index is 797. The van der Waals surface area contributed by atoms with Crippen LogP contribution < -0.4 is 11.5 Å². The molecule has 4 nitrogen and oxygen atoms in total. The Balaban J connectivity index is 2.23. The van der Waals surface area contributed by atoms with E-state index in [-0.39, 0.29) is 6.04 Å². The van der Waals surface area contributed by atoms with E-state index in [4.69, 9.17) is 11.5 Å². The molecule has 0 radical (unpaired) electrons. The van der Waals surface area contributed by atoms with Crippen molar-refractivity contribution in [1.29, 1.82) is 0 Å². The molecule has 1 unspecified atom stereocenters. The number of nitrogen functional groups attached to an aromatic ring is 1. The second-order valence-corrected chi connectivity index (χ2v) is 5.50. The molecule has 4 heteroatoms. The van der Waals surface area contributed by atoms with Crippen molar-refractivity contribution in [2.45, 2.75) is 26.8 Å². The molecule has 108 valence electrons. The molecule has 0 aliphatic heterocycles. The van der Waals surface area contributed by atoms with Crippen LogP contribution in [0.1, 0.15) is 34.1 Å². The maximum atomic E-state index is 6.51. The summed E-state index contributed by atoms with van der Waals surface area (Å²) in [6, 6.07) is 9.63. The third-order valence-electron chi connectivity index (χ3n) is 4.16. The van der Waals surface area contributed by atoms with E-state index in [2.05, 4.69) is 16.3 Å². The van der Waals surface area contributed by atoms with Gasteiger partial charge in [0.1, 0.15) is 5.65 Å². The molecule has 0 bridgehead atoms. The molecule has 21 heavy (non-hydrogen) atoms. The van der Waals surface area contributed by atoms with Gasteiger partial charge in [0, 0.05) is 23.1 Å². The molecule has 2 aromatic heterocycles. The highest BCUT2D eigenvalue weighted by Gasteiger charge is 2.19. The van der Waals surface area contributed by atoms with Gasteiger partial charge in [-0.1, -0.05) is 18.2 Å². The van der Waals surface area contributed by atoms with Crippen LogP contribution in [0.4, 0.5) is 5.69 Å². The second kappa shape index (κ2) is 4.90. The predicted octanol–water partition coefficient (Wildman–Crippen LogP) is 2.89. The first kappa shape index (κ1) is 13.6. The molecule has 4 N–H and O–H groups in total. The van der Waals surface area contributed by atoms with Crippen molar-refractivity contribution in [3.63, 3.8) is 0 Å². The number of imidazole rings is 1. The molecule has 0 fully saturated rings. The first-order valence-corrected chi connectivity index (χ1v) is 7.05. The van der Waals surface area contributed by atoms with Crippen molar-refractivity contribution in [2.75, 3.05) is 5.73 Å². The first-order valence-electron chi connectivity index (χ1n) is 7.05. The number of hydrogen-bond acceptors (Lipinski definition) is 3. The van der Waals surface area contributed by atoms with Gasteiger partial charge in [-0.3, -0.25) is 0 Å². The maximum Gasteiger partial charge on any atom is 0.142 e. The third kappa shape index (κ3) is 2.08. The number of benzene rings is 1. The molecule has 2 heterocycles. The van der Waals surface area contributed by atoms with Gasteiger partial charge < -0.3 is 15.9 Å². The van der Waals surface area contributed by atoms with Crippen LogP contribution in [0.3, 0.4) is 0 Å².